The Hall–Kier alpha value is -3.00. The predicted molar refractivity (Wildman–Crippen MR) is 113 cm³/mol. The largest absolute Gasteiger partial charge is 0.296 e. The Bertz CT molecular complexity index is 1170. The smallest absolute Gasteiger partial charge is 0.295 e. The van der Waals surface area contributed by atoms with Gasteiger partial charge in [0, 0.05) is 22.4 Å². The SMILES string of the molecule is Cc1cccc(-n2[nH]c(C)c(C=Nc3c([N+](=O)[O-])cc(Br)c(C)c3C)c2=O)c1. The van der Waals surface area contributed by atoms with Crippen molar-refractivity contribution in [1.29, 1.82) is 0 Å². The molecule has 2 aromatic carbocycles. The Morgan fingerprint density at radius 1 is 1.18 bits per heavy atom. The summed E-state index contributed by atoms with van der Waals surface area (Å²) in [6.45, 7) is 7.34. The summed E-state index contributed by atoms with van der Waals surface area (Å²) in [5.41, 5.74) is 4.15. The lowest BCUT2D eigenvalue weighted by atomic mass is 10.1. The van der Waals surface area contributed by atoms with Gasteiger partial charge in [-0.2, -0.15) is 0 Å². The Labute approximate surface area is 170 Å². The van der Waals surface area contributed by atoms with Gasteiger partial charge in [0.15, 0.2) is 0 Å². The maximum absolute atomic E-state index is 12.8. The van der Waals surface area contributed by atoms with Crippen LogP contribution in [-0.2, 0) is 0 Å². The Balaban J connectivity index is 2.11. The first-order chi connectivity index (χ1) is 13.2. The molecule has 0 bridgehead atoms. The van der Waals surface area contributed by atoms with Gasteiger partial charge in [0.2, 0.25) is 0 Å². The predicted octanol–water partition coefficient (Wildman–Crippen LogP) is 4.82. The minimum Gasteiger partial charge on any atom is -0.295 e. The summed E-state index contributed by atoms with van der Waals surface area (Å²) in [4.78, 5) is 28.1. The number of rotatable bonds is 4. The number of H-pyrrole nitrogens is 1. The lowest BCUT2D eigenvalue weighted by molar-refractivity contribution is -0.384. The van der Waals surface area contributed by atoms with E-state index in [2.05, 4.69) is 26.0 Å². The van der Waals surface area contributed by atoms with Gasteiger partial charge in [0.25, 0.3) is 11.2 Å². The molecule has 7 nitrogen and oxygen atoms in total. The Morgan fingerprint density at radius 3 is 2.54 bits per heavy atom. The summed E-state index contributed by atoms with van der Waals surface area (Å²) in [5.74, 6) is 0. The molecule has 3 aromatic rings. The van der Waals surface area contributed by atoms with Crippen LogP contribution in [0.15, 0.2) is 44.6 Å². The number of hydrogen-bond acceptors (Lipinski definition) is 4. The van der Waals surface area contributed by atoms with Gasteiger partial charge in [-0.1, -0.05) is 28.1 Å². The highest BCUT2D eigenvalue weighted by molar-refractivity contribution is 9.10. The number of aryl methyl sites for hydroxylation is 2. The molecule has 1 aromatic heterocycles. The molecule has 0 aliphatic heterocycles. The molecule has 0 unspecified atom stereocenters. The topological polar surface area (TPSA) is 93.3 Å². The third kappa shape index (κ3) is 3.55. The van der Waals surface area contributed by atoms with Crippen molar-refractivity contribution in [3.05, 3.63) is 83.2 Å². The molecule has 0 aliphatic carbocycles. The van der Waals surface area contributed by atoms with Crippen molar-refractivity contribution in [3.63, 3.8) is 0 Å². The zero-order chi connectivity index (χ0) is 20.6. The molecule has 8 heteroatoms. The minimum absolute atomic E-state index is 0.113. The van der Waals surface area contributed by atoms with Gasteiger partial charge in [-0.05, 0) is 56.5 Å². The molecular formula is C20H19BrN4O3. The summed E-state index contributed by atoms with van der Waals surface area (Å²) in [5, 5.41) is 14.5. The fraction of sp³-hybridized carbons (Fsp3) is 0.200. The van der Waals surface area contributed by atoms with E-state index in [4.69, 9.17) is 0 Å². The number of halogens is 1. The van der Waals surface area contributed by atoms with Crippen molar-refractivity contribution >= 4 is 33.5 Å². The maximum atomic E-state index is 12.8. The number of hydrogen-bond donors (Lipinski definition) is 1. The van der Waals surface area contributed by atoms with E-state index in [1.165, 1.54) is 17.0 Å². The zero-order valence-electron chi connectivity index (χ0n) is 15.9. The van der Waals surface area contributed by atoms with E-state index in [0.29, 0.717) is 21.3 Å². The quantitative estimate of drug-likeness (QED) is 0.356. The molecule has 3 rings (SSSR count). The van der Waals surface area contributed by atoms with Crippen LogP contribution in [-0.4, -0.2) is 20.9 Å². The molecule has 0 spiro atoms. The fourth-order valence-electron chi connectivity index (χ4n) is 2.94. The van der Waals surface area contributed by atoms with Crippen molar-refractivity contribution in [2.45, 2.75) is 27.7 Å². The molecule has 1 heterocycles. The van der Waals surface area contributed by atoms with Crippen molar-refractivity contribution in [1.82, 2.24) is 9.78 Å². The van der Waals surface area contributed by atoms with Gasteiger partial charge in [-0.15, -0.1) is 0 Å². The molecule has 0 atom stereocenters. The molecule has 0 radical (unpaired) electrons. The standard InChI is InChI=1S/C20H19BrN4O3/c1-11-6-5-7-15(8-11)24-20(26)16(14(4)23-24)10-22-19-13(3)12(2)17(21)9-18(19)25(27)28/h5-10,23H,1-4H3. The molecule has 0 fully saturated rings. The van der Waals surface area contributed by atoms with E-state index in [1.54, 1.807) is 13.8 Å². The average molecular weight is 443 g/mol. The zero-order valence-corrected chi connectivity index (χ0v) is 17.5. The van der Waals surface area contributed by atoms with Crippen LogP contribution in [0.5, 0.6) is 0 Å². The van der Waals surface area contributed by atoms with Gasteiger partial charge in [-0.25, -0.2) is 9.67 Å². The average Bonchev–Trinajstić information content (AvgIpc) is 2.93. The second kappa shape index (κ2) is 7.55. The van der Waals surface area contributed by atoms with Gasteiger partial charge in [0.05, 0.1) is 16.2 Å². The first-order valence-corrected chi connectivity index (χ1v) is 9.36. The number of aromatic nitrogens is 2. The molecule has 0 amide bonds. The number of nitro groups is 1. The lowest BCUT2D eigenvalue weighted by Gasteiger charge is -2.07. The number of nitro benzene ring substituents is 1. The molecule has 0 saturated carbocycles. The van der Waals surface area contributed by atoms with Crippen LogP contribution in [0.4, 0.5) is 11.4 Å². The first kappa shape index (κ1) is 19.8. The molecule has 1 N–H and O–H groups in total. The van der Waals surface area contributed by atoms with Gasteiger partial charge < -0.3 is 0 Å². The normalized spacial score (nSPS) is 11.3. The summed E-state index contributed by atoms with van der Waals surface area (Å²) >= 11 is 3.34. The van der Waals surface area contributed by atoms with Crippen molar-refractivity contribution in [3.8, 4) is 5.69 Å². The highest BCUT2D eigenvalue weighted by Gasteiger charge is 2.20. The molecular weight excluding hydrogens is 424 g/mol. The number of aromatic amines is 1. The second-order valence-corrected chi connectivity index (χ2v) is 7.48. The van der Waals surface area contributed by atoms with Crippen LogP contribution >= 0.6 is 15.9 Å². The number of benzene rings is 2. The highest BCUT2D eigenvalue weighted by Crippen LogP contribution is 2.37. The second-order valence-electron chi connectivity index (χ2n) is 6.62. The van der Waals surface area contributed by atoms with Crippen molar-refractivity contribution in [2.24, 2.45) is 4.99 Å². The monoisotopic (exact) mass is 442 g/mol. The summed E-state index contributed by atoms with van der Waals surface area (Å²) in [7, 11) is 0. The van der Waals surface area contributed by atoms with Crippen LogP contribution in [0.25, 0.3) is 5.69 Å². The van der Waals surface area contributed by atoms with Crippen LogP contribution in [0.2, 0.25) is 0 Å². The Morgan fingerprint density at radius 2 is 1.89 bits per heavy atom. The molecule has 144 valence electrons. The maximum Gasteiger partial charge on any atom is 0.296 e. The van der Waals surface area contributed by atoms with E-state index in [0.717, 1.165) is 16.8 Å². The van der Waals surface area contributed by atoms with Gasteiger partial charge in [0.1, 0.15) is 5.69 Å². The number of aliphatic imine (C=N–C) groups is 1. The highest BCUT2D eigenvalue weighted by atomic mass is 79.9. The van der Waals surface area contributed by atoms with E-state index in [9.17, 15) is 14.9 Å². The van der Waals surface area contributed by atoms with E-state index in [-0.39, 0.29) is 16.9 Å². The van der Waals surface area contributed by atoms with Crippen molar-refractivity contribution < 1.29 is 4.92 Å². The van der Waals surface area contributed by atoms with Crippen LogP contribution in [0.3, 0.4) is 0 Å². The first-order valence-electron chi connectivity index (χ1n) is 8.57. The summed E-state index contributed by atoms with van der Waals surface area (Å²) in [6.07, 6.45) is 1.39. The van der Waals surface area contributed by atoms with E-state index >= 15 is 0 Å². The molecule has 0 aliphatic rings. The lowest BCUT2D eigenvalue weighted by Crippen LogP contribution is -2.17. The van der Waals surface area contributed by atoms with E-state index < -0.39 is 4.92 Å². The van der Waals surface area contributed by atoms with Crippen LogP contribution < -0.4 is 5.56 Å². The molecule has 28 heavy (non-hydrogen) atoms. The third-order valence-electron chi connectivity index (χ3n) is 4.68. The summed E-state index contributed by atoms with van der Waals surface area (Å²) in [6, 6.07) is 8.98. The van der Waals surface area contributed by atoms with Gasteiger partial charge >= 0.3 is 0 Å². The third-order valence-corrected chi connectivity index (χ3v) is 5.50. The van der Waals surface area contributed by atoms with Crippen LogP contribution in [0.1, 0.15) is 27.9 Å². The van der Waals surface area contributed by atoms with E-state index in [1.807, 2.05) is 38.1 Å². The number of nitrogens with zero attached hydrogens (tertiary/aromatic N) is 3. The fourth-order valence-corrected chi connectivity index (χ4v) is 3.45. The van der Waals surface area contributed by atoms with Gasteiger partial charge in [-0.3, -0.25) is 20.0 Å². The minimum atomic E-state index is -0.473. The Kier molecular flexibility index (Phi) is 5.33. The number of nitrogens with one attached hydrogen (secondary N) is 1. The van der Waals surface area contributed by atoms with Crippen molar-refractivity contribution in [2.75, 3.05) is 0 Å². The molecule has 0 saturated heterocycles. The summed E-state index contributed by atoms with van der Waals surface area (Å²) < 4.78 is 2.09. The van der Waals surface area contributed by atoms with Crippen LogP contribution in [0, 0.1) is 37.8 Å².